The first-order valence-corrected chi connectivity index (χ1v) is 8.22. The molecule has 0 heterocycles. The Labute approximate surface area is 130 Å². The molecular weight excluding hydrogens is 302 g/mol. The molecular formula is C16H19NO4S. The maximum atomic E-state index is 12.3. The topological polar surface area (TPSA) is 64.6 Å². The van der Waals surface area contributed by atoms with Crippen LogP contribution < -0.4 is 14.2 Å². The SMILES string of the molecule is COc1ccc(CNS(=O)(=O)c2ccc(OC)c(C)c2)cc1. The molecule has 6 heteroatoms. The van der Waals surface area contributed by atoms with E-state index in [1.54, 1.807) is 45.4 Å². The highest BCUT2D eigenvalue weighted by molar-refractivity contribution is 7.89. The standard InChI is InChI=1S/C16H19NO4S/c1-12-10-15(8-9-16(12)21-3)22(18,19)17-11-13-4-6-14(20-2)7-5-13/h4-10,17H,11H2,1-3H3. The van der Waals surface area contributed by atoms with E-state index in [1.807, 2.05) is 12.1 Å². The molecule has 2 aromatic rings. The average Bonchev–Trinajstić information content (AvgIpc) is 2.53. The van der Waals surface area contributed by atoms with Crippen molar-refractivity contribution >= 4 is 10.0 Å². The van der Waals surface area contributed by atoms with Crippen LogP contribution >= 0.6 is 0 Å². The Kier molecular flexibility index (Phi) is 5.05. The highest BCUT2D eigenvalue weighted by atomic mass is 32.2. The number of hydrogen-bond acceptors (Lipinski definition) is 4. The van der Waals surface area contributed by atoms with Crippen LogP contribution in [0.3, 0.4) is 0 Å². The second-order valence-electron chi connectivity index (χ2n) is 4.80. The van der Waals surface area contributed by atoms with Crippen LogP contribution in [0, 0.1) is 6.92 Å². The first kappa shape index (κ1) is 16.3. The molecule has 0 spiro atoms. The van der Waals surface area contributed by atoms with Gasteiger partial charge in [-0.2, -0.15) is 0 Å². The Bertz CT molecular complexity index is 739. The molecule has 0 unspecified atom stereocenters. The summed E-state index contributed by atoms with van der Waals surface area (Å²) < 4.78 is 37.4. The molecule has 118 valence electrons. The van der Waals surface area contributed by atoms with Crippen molar-refractivity contribution in [2.75, 3.05) is 14.2 Å². The monoisotopic (exact) mass is 321 g/mol. The van der Waals surface area contributed by atoms with Gasteiger partial charge in [-0.3, -0.25) is 0 Å². The molecule has 0 aliphatic carbocycles. The zero-order valence-corrected chi connectivity index (χ0v) is 13.6. The minimum absolute atomic E-state index is 0.220. The van der Waals surface area contributed by atoms with Crippen molar-refractivity contribution in [1.29, 1.82) is 0 Å². The molecule has 5 nitrogen and oxygen atoms in total. The lowest BCUT2D eigenvalue weighted by Crippen LogP contribution is -2.23. The lowest BCUT2D eigenvalue weighted by molar-refractivity contribution is 0.411. The maximum Gasteiger partial charge on any atom is 0.240 e. The fourth-order valence-corrected chi connectivity index (χ4v) is 3.13. The van der Waals surface area contributed by atoms with Crippen LogP contribution in [0.1, 0.15) is 11.1 Å². The van der Waals surface area contributed by atoms with Gasteiger partial charge in [0.1, 0.15) is 11.5 Å². The third-order valence-electron chi connectivity index (χ3n) is 3.30. The molecule has 0 bridgehead atoms. The lowest BCUT2D eigenvalue weighted by Gasteiger charge is -2.10. The number of nitrogens with one attached hydrogen (secondary N) is 1. The van der Waals surface area contributed by atoms with Gasteiger partial charge in [-0.25, -0.2) is 13.1 Å². The number of rotatable bonds is 6. The summed E-state index contributed by atoms with van der Waals surface area (Å²) in [6.45, 7) is 2.03. The summed E-state index contributed by atoms with van der Waals surface area (Å²) >= 11 is 0. The van der Waals surface area contributed by atoms with Gasteiger partial charge < -0.3 is 9.47 Å². The van der Waals surface area contributed by atoms with Crippen LogP contribution in [-0.4, -0.2) is 22.6 Å². The molecule has 22 heavy (non-hydrogen) atoms. The summed E-state index contributed by atoms with van der Waals surface area (Å²) in [5.74, 6) is 1.39. The van der Waals surface area contributed by atoms with Gasteiger partial charge in [0.15, 0.2) is 0 Å². The third-order valence-corrected chi connectivity index (χ3v) is 4.70. The van der Waals surface area contributed by atoms with Crippen LogP contribution in [0.15, 0.2) is 47.4 Å². The van der Waals surface area contributed by atoms with Crippen molar-refractivity contribution in [3.8, 4) is 11.5 Å². The summed E-state index contributed by atoms with van der Waals surface area (Å²) in [4.78, 5) is 0.222. The number of benzene rings is 2. The lowest BCUT2D eigenvalue weighted by atomic mass is 10.2. The second-order valence-corrected chi connectivity index (χ2v) is 6.57. The summed E-state index contributed by atoms with van der Waals surface area (Å²) in [5, 5.41) is 0. The molecule has 0 fully saturated rings. The van der Waals surface area contributed by atoms with Crippen molar-refractivity contribution in [3.63, 3.8) is 0 Å². The highest BCUT2D eigenvalue weighted by Crippen LogP contribution is 2.21. The van der Waals surface area contributed by atoms with Gasteiger partial charge in [-0.05, 0) is 48.4 Å². The number of ether oxygens (including phenoxy) is 2. The Hall–Kier alpha value is -2.05. The Morgan fingerprint density at radius 3 is 2.23 bits per heavy atom. The first-order chi connectivity index (χ1) is 10.5. The predicted octanol–water partition coefficient (Wildman–Crippen LogP) is 2.49. The van der Waals surface area contributed by atoms with Crippen LogP contribution in [0.5, 0.6) is 11.5 Å². The number of aryl methyl sites for hydroxylation is 1. The van der Waals surface area contributed by atoms with E-state index in [-0.39, 0.29) is 11.4 Å². The summed E-state index contributed by atoms with van der Waals surface area (Å²) in [6.07, 6.45) is 0. The fraction of sp³-hybridized carbons (Fsp3) is 0.250. The normalized spacial score (nSPS) is 11.2. The molecule has 0 saturated carbocycles. The smallest absolute Gasteiger partial charge is 0.240 e. The summed E-state index contributed by atoms with van der Waals surface area (Å²) in [5.41, 5.74) is 1.63. The molecule has 2 rings (SSSR count). The highest BCUT2D eigenvalue weighted by Gasteiger charge is 2.15. The summed E-state index contributed by atoms with van der Waals surface area (Å²) in [6, 6.07) is 12.0. The van der Waals surface area contributed by atoms with Crippen LogP contribution in [0.4, 0.5) is 0 Å². The van der Waals surface area contributed by atoms with E-state index >= 15 is 0 Å². The number of sulfonamides is 1. The largest absolute Gasteiger partial charge is 0.497 e. The van der Waals surface area contributed by atoms with Crippen molar-refractivity contribution in [2.24, 2.45) is 0 Å². The minimum Gasteiger partial charge on any atom is -0.497 e. The van der Waals surface area contributed by atoms with Gasteiger partial charge in [0.2, 0.25) is 10.0 Å². The van der Waals surface area contributed by atoms with E-state index in [0.29, 0.717) is 5.75 Å². The van der Waals surface area contributed by atoms with E-state index in [0.717, 1.165) is 16.9 Å². The summed E-state index contributed by atoms with van der Waals surface area (Å²) in [7, 11) is -0.417. The quantitative estimate of drug-likeness (QED) is 0.888. The van der Waals surface area contributed by atoms with Crippen LogP contribution in [0.25, 0.3) is 0 Å². The minimum atomic E-state index is -3.56. The van der Waals surface area contributed by atoms with E-state index in [1.165, 1.54) is 6.07 Å². The first-order valence-electron chi connectivity index (χ1n) is 6.73. The Balaban J connectivity index is 2.11. The van der Waals surface area contributed by atoms with Crippen molar-refractivity contribution in [3.05, 3.63) is 53.6 Å². The second kappa shape index (κ2) is 6.81. The molecule has 0 amide bonds. The third kappa shape index (κ3) is 3.78. The van der Waals surface area contributed by atoms with Gasteiger partial charge in [0, 0.05) is 6.54 Å². The van der Waals surface area contributed by atoms with Crippen molar-refractivity contribution in [1.82, 2.24) is 4.72 Å². The Morgan fingerprint density at radius 2 is 1.68 bits per heavy atom. The van der Waals surface area contributed by atoms with Gasteiger partial charge in [0.25, 0.3) is 0 Å². The fourth-order valence-electron chi connectivity index (χ4n) is 2.02. The van der Waals surface area contributed by atoms with E-state index in [9.17, 15) is 8.42 Å². The zero-order valence-electron chi connectivity index (χ0n) is 12.8. The van der Waals surface area contributed by atoms with Crippen LogP contribution in [-0.2, 0) is 16.6 Å². The maximum absolute atomic E-state index is 12.3. The van der Waals surface area contributed by atoms with Crippen LogP contribution in [0.2, 0.25) is 0 Å². The molecule has 0 saturated heterocycles. The van der Waals surface area contributed by atoms with Crippen molar-refractivity contribution < 1.29 is 17.9 Å². The van der Waals surface area contributed by atoms with Gasteiger partial charge in [-0.15, -0.1) is 0 Å². The molecule has 0 aliphatic rings. The zero-order chi connectivity index (χ0) is 16.2. The average molecular weight is 321 g/mol. The van der Waals surface area contributed by atoms with E-state index < -0.39 is 10.0 Å². The van der Waals surface area contributed by atoms with Crippen molar-refractivity contribution in [2.45, 2.75) is 18.4 Å². The molecule has 2 aromatic carbocycles. The molecule has 0 aliphatic heterocycles. The van der Waals surface area contributed by atoms with E-state index in [4.69, 9.17) is 9.47 Å². The van der Waals surface area contributed by atoms with Gasteiger partial charge in [0.05, 0.1) is 19.1 Å². The van der Waals surface area contributed by atoms with E-state index in [2.05, 4.69) is 4.72 Å². The number of hydrogen-bond donors (Lipinski definition) is 1. The van der Waals surface area contributed by atoms with Gasteiger partial charge in [-0.1, -0.05) is 12.1 Å². The Morgan fingerprint density at radius 1 is 1.00 bits per heavy atom. The van der Waals surface area contributed by atoms with Gasteiger partial charge >= 0.3 is 0 Å². The predicted molar refractivity (Wildman–Crippen MR) is 84.8 cm³/mol. The molecule has 0 atom stereocenters. The number of methoxy groups -OCH3 is 2. The molecule has 1 N–H and O–H groups in total. The molecule has 0 aromatic heterocycles. The molecule has 0 radical (unpaired) electrons.